The van der Waals surface area contributed by atoms with Crippen molar-refractivity contribution in [2.24, 2.45) is 0 Å². The van der Waals surface area contributed by atoms with E-state index in [4.69, 9.17) is 4.74 Å². The smallest absolute Gasteiger partial charge is 0.306 e. The first-order valence-corrected chi connectivity index (χ1v) is 8.26. The lowest BCUT2D eigenvalue weighted by Crippen LogP contribution is -2.22. The number of nitro groups is 1. The van der Waals surface area contributed by atoms with Crippen molar-refractivity contribution in [1.29, 1.82) is 0 Å². The third-order valence-electron chi connectivity index (χ3n) is 3.80. The Bertz CT molecular complexity index is 911. The number of carbonyl (C=O) groups is 3. The average molecular weight is 388 g/mol. The number of amides is 1. The van der Waals surface area contributed by atoms with Crippen LogP contribution in [0.3, 0.4) is 0 Å². The van der Waals surface area contributed by atoms with Crippen molar-refractivity contribution in [2.75, 3.05) is 11.9 Å². The van der Waals surface area contributed by atoms with Crippen LogP contribution in [0.5, 0.6) is 0 Å². The molecular weight excluding hydrogens is 371 g/mol. The fraction of sp³-hybridized carbons (Fsp3) is 0.211. The molecule has 2 aromatic rings. The predicted molar refractivity (Wildman–Crippen MR) is 97.4 cm³/mol. The molecular formula is C19H17FN2O6. The van der Waals surface area contributed by atoms with E-state index in [1.54, 1.807) is 13.0 Å². The van der Waals surface area contributed by atoms with Gasteiger partial charge in [0, 0.05) is 18.1 Å². The zero-order valence-corrected chi connectivity index (χ0v) is 14.9. The molecule has 1 amide bonds. The number of halogens is 1. The normalized spacial score (nSPS) is 10.2. The van der Waals surface area contributed by atoms with Gasteiger partial charge in [0.1, 0.15) is 11.5 Å². The van der Waals surface area contributed by atoms with Gasteiger partial charge in [-0.15, -0.1) is 0 Å². The number of nitro benzene ring substituents is 1. The molecule has 28 heavy (non-hydrogen) atoms. The van der Waals surface area contributed by atoms with E-state index < -0.39 is 29.2 Å². The van der Waals surface area contributed by atoms with Crippen LogP contribution in [-0.4, -0.2) is 29.2 Å². The number of aryl methyl sites for hydroxylation is 1. The summed E-state index contributed by atoms with van der Waals surface area (Å²) in [5.41, 5.74) is 0.502. The van der Waals surface area contributed by atoms with Gasteiger partial charge >= 0.3 is 5.97 Å². The molecule has 0 saturated carbocycles. The molecule has 0 unspecified atom stereocenters. The summed E-state index contributed by atoms with van der Waals surface area (Å²) in [5, 5.41) is 13.4. The van der Waals surface area contributed by atoms with Crippen LogP contribution in [0.15, 0.2) is 42.5 Å². The van der Waals surface area contributed by atoms with E-state index in [0.717, 1.165) is 12.1 Å². The Morgan fingerprint density at radius 2 is 1.79 bits per heavy atom. The highest BCUT2D eigenvalue weighted by Gasteiger charge is 2.18. The van der Waals surface area contributed by atoms with Crippen molar-refractivity contribution in [3.8, 4) is 0 Å². The fourth-order valence-corrected chi connectivity index (χ4v) is 2.36. The minimum absolute atomic E-state index is 0.0278. The Hall–Kier alpha value is -3.62. The minimum atomic E-state index is -0.773. The molecule has 2 rings (SSSR count). The molecule has 2 aromatic carbocycles. The maximum atomic E-state index is 12.8. The number of ketones is 1. The number of nitrogens with one attached hydrogen (secondary N) is 1. The van der Waals surface area contributed by atoms with Gasteiger partial charge in [-0.25, -0.2) is 4.39 Å². The molecule has 0 fully saturated rings. The van der Waals surface area contributed by atoms with E-state index in [2.05, 4.69) is 5.32 Å². The number of hydrogen-bond acceptors (Lipinski definition) is 6. The number of esters is 1. The lowest BCUT2D eigenvalue weighted by molar-refractivity contribution is -0.384. The molecule has 0 atom stereocenters. The third kappa shape index (κ3) is 5.70. The van der Waals surface area contributed by atoms with E-state index in [0.29, 0.717) is 5.56 Å². The van der Waals surface area contributed by atoms with Crippen LogP contribution in [0.4, 0.5) is 15.8 Å². The quantitative estimate of drug-likeness (QED) is 0.321. The molecule has 0 aromatic heterocycles. The predicted octanol–water partition coefficient (Wildman–Crippen LogP) is 3.19. The van der Waals surface area contributed by atoms with Crippen LogP contribution >= 0.6 is 0 Å². The van der Waals surface area contributed by atoms with Crippen molar-refractivity contribution >= 4 is 29.0 Å². The Morgan fingerprint density at radius 3 is 2.43 bits per heavy atom. The molecule has 0 bridgehead atoms. The second kappa shape index (κ2) is 9.36. The van der Waals surface area contributed by atoms with E-state index in [-0.39, 0.29) is 35.6 Å². The SMILES string of the molecule is Cc1cccc([N+](=O)[O-])c1NC(=O)COC(=O)CCC(=O)c1ccc(F)cc1. The highest BCUT2D eigenvalue weighted by molar-refractivity contribution is 5.98. The summed E-state index contributed by atoms with van der Waals surface area (Å²) in [6.45, 7) is 0.949. The van der Waals surface area contributed by atoms with Crippen molar-refractivity contribution < 1.29 is 28.4 Å². The second-order valence-electron chi connectivity index (χ2n) is 5.87. The van der Waals surface area contributed by atoms with Crippen molar-refractivity contribution in [3.63, 3.8) is 0 Å². The second-order valence-corrected chi connectivity index (χ2v) is 5.87. The Morgan fingerprint density at radius 1 is 1.11 bits per heavy atom. The van der Waals surface area contributed by atoms with Gasteiger partial charge in [0.15, 0.2) is 12.4 Å². The molecule has 0 spiro atoms. The molecule has 0 heterocycles. The zero-order chi connectivity index (χ0) is 20.7. The topological polar surface area (TPSA) is 116 Å². The van der Waals surface area contributed by atoms with Gasteiger partial charge < -0.3 is 10.1 Å². The van der Waals surface area contributed by atoms with Crippen LogP contribution in [0.25, 0.3) is 0 Å². The van der Waals surface area contributed by atoms with E-state index in [1.165, 1.54) is 24.3 Å². The third-order valence-corrected chi connectivity index (χ3v) is 3.80. The molecule has 1 N–H and O–H groups in total. The summed E-state index contributed by atoms with van der Waals surface area (Å²) < 4.78 is 17.6. The first-order valence-electron chi connectivity index (χ1n) is 8.26. The van der Waals surface area contributed by atoms with Crippen molar-refractivity contribution in [1.82, 2.24) is 0 Å². The number of carbonyl (C=O) groups excluding carboxylic acids is 3. The summed E-state index contributed by atoms with van der Waals surface area (Å²) in [6, 6.07) is 9.23. The molecule has 8 nitrogen and oxygen atoms in total. The van der Waals surface area contributed by atoms with Crippen LogP contribution in [0.2, 0.25) is 0 Å². The van der Waals surface area contributed by atoms with Gasteiger partial charge in [-0.1, -0.05) is 12.1 Å². The first-order chi connectivity index (χ1) is 13.3. The van der Waals surface area contributed by atoms with Gasteiger partial charge in [0.05, 0.1) is 11.3 Å². The number of ether oxygens (including phenoxy) is 1. The summed E-state index contributed by atoms with van der Waals surface area (Å²) in [5.74, 6) is -2.35. The van der Waals surface area contributed by atoms with E-state index in [1.807, 2.05) is 0 Å². The molecule has 0 radical (unpaired) electrons. The lowest BCUT2D eigenvalue weighted by atomic mass is 10.1. The summed E-state index contributed by atoms with van der Waals surface area (Å²) in [7, 11) is 0. The van der Waals surface area contributed by atoms with Crippen LogP contribution < -0.4 is 5.32 Å². The number of anilines is 1. The van der Waals surface area contributed by atoms with E-state index in [9.17, 15) is 28.9 Å². The van der Waals surface area contributed by atoms with Crippen LogP contribution in [0, 0.1) is 22.9 Å². The molecule has 0 aliphatic rings. The number of rotatable bonds is 8. The maximum absolute atomic E-state index is 12.8. The highest BCUT2D eigenvalue weighted by atomic mass is 19.1. The first kappa shape index (κ1) is 20.7. The van der Waals surface area contributed by atoms with Gasteiger partial charge in [-0.05, 0) is 36.8 Å². The Kier molecular flexibility index (Phi) is 6.91. The Labute approximate surface area is 159 Å². The number of nitrogens with zero attached hydrogens (tertiary/aromatic N) is 1. The minimum Gasteiger partial charge on any atom is -0.456 e. The largest absolute Gasteiger partial charge is 0.456 e. The highest BCUT2D eigenvalue weighted by Crippen LogP contribution is 2.27. The number of para-hydroxylation sites is 1. The maximum Gasteiger partial charge on any atom is 0.306 e. The standard InChI is InChI=1S/C19H17FN2O6/c1-12-3-2-4-15(22(26)27)19(12)21-17(24)11-28-18(25)10-9-16(23)13-5-7-14(20)8-6-13/h2-8H,9-11H2,1H3,(H,21,24). The van der Waals surface area contributed by atoms with Crippen LogP contribution in [0.1, 0.15) is 28.8 Å². The van der Waals surface area contributed by atoms with Crippen molar-refractivity contribution in [2.45, 2.75) is 19.8 Å². The molecule has 0 aliphatic heterocycles. The molecule has 146 valence electrons. The summed E-state index contributed by atoms with van der Waals surface area (Å²) >= 11 is 0. The van der Waals surface area contributed by atoms with Gasteiger partial charge in [-0.3, -0.25) is 24.5 Å². The van der Waals surface area contributed by atoms with Crippen molar-refractivity contribution in [3.05, 3.63) is 69.5 Å². The monoisotopic (exact) mass is 388 g/mol. The van der Waals surface area contributed by atoms with Crippen LogP contribution in [-0.2, 0) is 14.3 Å². The van der Waals surface area contributed by atoms with Gasteiger partial charge in [0.2, 0.25) is 0 Å². The summed E-state index contributed by atoms with van der Waals surface area (Å²) in [6.07, 6.45) is -0.413. The van der Waals surface area contributed by atoms with E-state index >= 15 is 0 Å². The lowest BCUT2D eigenvalue weighted by Gasteiger charge is -2.09. The number of Topliss-reactive ketones (excluding diaryl/α,β-unsaturated/α-hetero) is 1. The number of benzene rings is 2. The zero-order valence-electron chi connectivity index (χ0n) is 14.9. The Balaban J connectivity index is 1.83. The fourth-order valence-electron chi connectivity index (χ4n) is 2.36. The molecule has 0 aliphatic carbocycles. The summed E-state index contributed by atoms with van der Waals surface area (Å²) in [4.78, 5) is 45.9. The molecule has 9 heteroatoms. The van der Waals surface area contributed by atoms with Gasteiger partial charge in [-0.2, -0.15) is 0 Å². The number of hydrogen-bond donors (Lipinski definition) is 1. The molecule has 0 saturated heterocycles. The van der Waals surface area contributed by atoms with Gasteiger partial charge in [0.25, 0.3) is 11.6 Å². The average Bonchev–Trinajstić information content (AvgIpc) is 2.66.